The Bertz CT molecular complexity index is 228. The number of ether oxygens (including phenoxy) is 1. The second kappa shape index (κ2) is 3.72. The molecule has 3 nitrogen and oxygen atoms in total. The molecule has 2 atom stereocenters. The van der Waals surface area contributed by atoms with Crippen molar-refractivity contribution in [2.75, 3.05) is 7.11 Å². The van der Waals surface area contributed by atoms with Crippen LogP contribution in [0.5, 0.6) is 0 Å². The molecule has 1 N–H and O–H groups in total. The van der Waals surface area contributed by atoms with Gasteiger partial charge in [0.2, 0.25) is 0 Å². The van der Waals surface area contributed by atoms with Crippen LogP contribution in [0.3, 0.4) is 0 Å². The zero-order valence-electron chi connectivity index (χ0n) is 8.16. The van der Waals surface area contributed by atoms with Crippen molar-refractivity contribution in [2.24, 2.45) is 0 Å². The Balaban J connectivity index is 2.75. The minimum atomic E-state index is -0.245. The largest absolute Gasteiger partial charge is 0.468 e. The normalized spacial score (nSPS) is 31.3. The molecule has 0 amide bonds. The highest BCUT2D eigenvalue weighted by Crippen LogP contribution is 2.38. The summed E-state index contributed by atoms with van der Waals surface area (Å²) >= 11 is 1.69. The topological polar surface area (TPSA) is 38.3 Å². The van der Waals surface area contributed by atoms with Crippen LogP contribution < -0.4 is 5.32 Å². The summed E-state index contributed by atoms with van der Waals surface area (Å²) in [7, 11) is 1.41. The van der Waals surface area contributed by atoms with Gasteiger partial charge in [-0.25, -0.2) is 0 Å². The van der Waals surface area contributed by atoms with Crippen LogP contribution in [0.1, 0.15) is 13.8 Å². The third kappa shape index (κ3) is 2.06. The molecule has 0 radical (unpaired) electrons. The number of rotatable bonds is 2. The second-order valence-corrected chi connectivity index (χ2v) is 5.30. The molecule has 1 heterocycles. The molecule has 1 saturated heterocycles. The molecule has 0 bridgehead atoms. The Morgan fingerprint density at radius 3 is 2.69 bits per heavy atom. The quantitative estimate of drug-likeness (QED) is 0.537. The van der Waals surface area contributed by atoms with Crippen molar-refractivity contribution in [3.05, 3.63) is 12.7 Å². The van der Waals surface area contributed by atoms with Gasteiger partial charge in [0, 0.05) is 4.75 Å². The summed E-state index contributed by atoms with van der Waals surface area (Å²) in [4.78, 5) is 11.4. The van der Waals surface area contributed by atoms with Crippen LogP contribution in [0.25, 0.3) is 0 Å². The molecule has 1 aliphatic rings. The molecule has 0 saturated carbocycles. The molecule has 0 aromatic heterocycles. The first kappa shape index (κ1) is 10.6. The molecule has 0 aromatic rings. The standard InChI is InChI=1S/C9H15NO2S/c1-5-6-10-7(8(11)12-4)9(2,3)13-6/h5-7,10H,1H2,2-4H3. The van der Waals surface area contributed by atoms with E-state index in [1.165, 1.54) is 7.11 Å². The summed E-state index contributed by atoms with van der Waals surface area (Å²) < 4.78 is 4.58. The first-order valence-electron chi connectivity index (χ1n) is 4.15. The predicted octanol–water partition coefficient (Wildman–Crippen LogP) is 1.16. The van der Waals surface area contributed by atoms with E-state index in [2.05, 4.69) is 11.9 Å². The van der Waals surface area contributed by atoms with E-state index in [0.29, 0.717) is 0 Å². The smallest absolute Gasteiger partial charge is 0.324 e. The fourth-order valence-corrected chi connectivity index (χ4v) is 2.64. The number of nitrogens with one attached hydrogen (secondary N) is 1. The monoisotopic (exact) mass is 201 g/mol. The number of hydrogen-bond donors (Lipinski definition) is 1. The maximum Gasteiger partial charge on any atom is 0.324 e. The molecule has 74 valence electrons. The predicted molar refractivity (Wildman–Crippen MR) is 54.6 cm³/mol. The fraction of sp³-hybridized carbons (Fsp3) is 0.667. The number of carbonyl (C=O) groups is 1. The van der Waals surface area contributed by atoms with Gasteiger partial charge in [-0.1, -0.05) is 6.08 Å². The third-order valence-corrected chi connectivity index (χ3v) is 3.53. The van der Waals surface area contributed by atoms with Crippen LogP contribution in [0.15, 0.2) is 12.7 Å². The Morgan fingerprint density at radius 1 is 1.69 bits per heavy atom. The molecule has 0 aliphatic carbocycles. The van der Waals surface area contributed by atoms with E-state index in [-0.39, 0.29) is 22.1 Å². The Kier molecular flexibility index (Phi) is 3.03. The summed E-state index contributed by atoms with van der Waals surface area (Å²) in [6.07, 6.45) is 1.80. The number of esters is 1. The van der Waals surface area contributed by atoms with Crippen molar-refractivity contribution < 1.29 is 9.53 Å². The molecule has 2 unspecified atom stereocenters. The van der Waals surface area contributed by atoms with Gasteiger partial charge in [-0.15, -0.1) is 18.3 Å². The van der Waals surface area contributed by atoms with Gasteiger partial charge >= 0.3 is 5.97 Å². The van der Waals surface area contributed by atoms with Gasteiger partial charge in [0.1, 0.15) is 6.04 Å². The van der Waals surface area contributed by atoms with Crippen LogP contribution in [0, 0.1) is 0 Å². The average Bonchev–Trinajstić information content (AvgIpc) is 2.39. The molecular weight excluding hydrogens is 186 g/mol. The van der Waals surface area contributed by atoms with Crippen LogP contribution in [0.4, 0.5) is 0 Å². The van der Waals surface area contributed by atoms with Gasteiger partial charge in [0.25, 0.3) is 0 Å². The number of methoxy groups -OCH3 is 1. The van der Waals surface area contributed by atoms with Crippen LogP contribution in [0.2, 0.25) is 0 Å². The summed E-state index contributed by atoms with van der Waals surface area (Å²) in [6.45, 7) is 7.74. The lowest BCUT2D eigenvalue weighted by atomic mass is 10.0. The van der Waals surface area contributed by atoms with E-state index in [1.807, 2.05) is 13.8 Å². The van der Waals surface area contributed by atoms with Crippen molar-refractivity contribution in [1.82, 2.24) is 5.32 Å². The van der Waals surface area contributed by atoms with E-state index in [1.54, 1.807) is 17.8 Å². The van der Waals surface area contributed by atoms with Crippen molar-refractivity contribution in [2.45, 2.75) is 30.0 Å². The van der Waals surface area contributed by atoms with E-state index < -0.39 is 0 Å². The zero-order chi connectivity index (χ0) is 10.1. The van der Waals surface area contributed by atoms with Crippen molar-refractivity contribution in [3.8, 4) is 0 Å². The first-order valence-corrected chi connectivity index (χ1v) is 5.03. The minimum absolute atomic E-state index is 0.133. The Labute approximate surface area is 82.9 Å². The molecule has 1 rings (SSSR count). The number of carbonyl (C=O) groups excluding carboxylic acids is 1. The molecule has 0 aromatic carbocycles. The summed E-state index contributed by atoms with van der Waals surface area (Å²) in [6, 6.07) is -0.245. The van der Waals surface area contributed by atoms with Crippen LogP contribution >= 0.6 is 11.8 Å². The van der Waals surface area contributed by atoms with Gasteiger partial charge in [0.05, 0.1) is 12.5 Å². The van der Waals surface area contributed by atoms with Gasteiger partial charge in [-0.05, 0) is 13.8 Å². The van der Waals surface area contributed by atoms with Gasteiger partial charge in [-0.3, -0.25) is 10.1 Å². The number of thioether (sulfide) groups is 1. The highest BCUT2D eigenvalue weighted by Gasteiger charge is 2.44. The SMILES string of the molecule is C=CC1NC(C(=O)OC)C(C)(C)S1. The number of hydrogen-bond acceptors (Lipinski definition) is 4. The Morgan fingerprint density at radius 2 is 2.31 bits per heavy atom. The Hall–Kier alpha value is -0.480. The van der Waals surface area contributed by atoms with Crippen LogP contribution in [-0.2, 0) is 9.53 Å². The molecule has 1 fully saturated rings. The molecular formula is C9H15NO2S. The average molecular weight is 201 g/mol. The highest BCUT2D eigenvalue weighted by atomic mass is 32.2. The van der Waals surface area contributed by atoms with E-state index in [9.17, 15) is 4.79 Å². The molecule has 0 spiro atoms. The maximum atomic E-state index is 11.4. The van der Waals surface area contributed by atoms with Gasteiger partial charge in [-0.2, -0.15) is 0 Å². The lowest BCUT2D eigenvalue weighted by Crippen LogP contribution is -2.45. The van der Waals surface area contributed by atoms with Crippen molar-refractivity contribution in [1.29, 1.82) is 0 Å². The highest BCUT2D eigenvalue weighted by molar-refractivity contribution is 8.01. The van der Waals surface area contributed by atoms with Crippen molar-refractivity contribution in [3.63, 3.8) is 0 Å². The minimum Gasteiger partial charge on any atom is -0.468 e. The summed E-state index contributed by atoms with van der Waals surface area (Å²) in [5.74, 6) is -0.207. The second-order valence-electron chi connectivity index (χ2n) is 3.50. The third-order valence-electron chi connectivity index (χ3n) is 2.11. The zero-order valence-corrected chi connectivity index (χ0v) is 8.98. The van der Waals surface area contributed by atoms with Crippen molar-refractivity contribution >= 4 is 17.7 Å². The van der Waals surface area contributed by atoms with E-state index in [0.717, 1.165) is 0 Å². The van der Waals surface area contributed by atoms with Crippen LogP contribution in [-0.4, -0.2) is 29.2 Å². The molecule has 4 heteroatoms. The lowest BCUT2D eigenvalue weighted by Gasteiger charge is -2.22. The molecule has 13 heavy (non-hydrogen) atoms. The van der Waals surface area contributed by atoms with E-state index >= 15 is 0 Å². The molecule has 1 aliphatic heterocycles. The summed E-state index contributed by atoms with van der Waals surface area (Å²) in [5, 5.41) is 3.29. The van der Waals surface area contributed by atoms with Gasteiger partial charge < -0.3 is 4.74 Å². The maximum absolute atomic E-state index is 11.4. The summed E-state index contributed by atoms with van der Waals surface area (Å²) in [5.41, 5.74) is 0. The van der Waals surface area contributed by atoms with Gasteiger partial charge in [0.15, 0.2) is 0 Å². The fourth-order valence-electron chi connectivity index (χ4n) is 1.38. The first-order chi connectivity index (χ1) is 6.01. The lowest BCUT2D eigenvalue weighted by molar-refractivity contribution is -0.143. The van der Waals surface area contributed by atoms with E-state index in [4.69, 9.17) is 4.74 Å².